The fourth-order valence-electron chi connectivity index (χ4n) is 3.56. The fourth-order valence-corrected chi connectivity index (χ4v) is 5.81. The first kappa shape index (κ1) is 20.2. The first-order valence-electron chi connectivity index (χ1n) is 9.14. The third kappa shape index (κ3) is 3.88. The largest absolute Gasteiger partial charge is 0.481 e. The van der Waals surface area contributed by atoms with Crippen LogP contribution in [-0.2, 0) is 16.6 Å². The van der Waals surface area contributed by atoms with Gasteiger partial charge in [-0.15, -0.1) is 0 Å². The first-order valence-corrected chi connectivity index (χ1v) is 11.3. The van der Waals surface area contributed by atoms with Crippen molar-refractivity contribution < 1.29 is 13.2 Å². The predicted molar refractivity (Wildman–Crippen MR) is 115 cm³/mol. The number of fused-ring (bicyclic) bond motifs is 1. The van der Waals surface area contributed by atoms with Crippen molar-refractivity contribution in [2.45, 2.75) is 30.5 Å². The highest BCUT2D eigenvalue weighted by molar-refractivity contribution is 7.89. The molecule has 0 unspecified atom stereocenters. The van der Waals surface area contributed by atoms with E-state index in [0.717, 1.165) is 11.1 Å². The molecule has 1 aliphatic rings. The molecule has 0 amide bonds. The van der Waals surface area contributed by atoms with Crippen LogP contribution in [-0.4, -0.2) is 18.8 Å². The predicted octanol–water partition coefficient (Wildman–Crippen LogP) is 5.71. The molecular weight excluding hydrogens is 429 g/mol. The average molecular weight is 448 g/mol. The second-order valence-corrected chi connectivity index (χ2v) is 9.64. The summed E-state index contributed by atoms with van der Waals surface area (Å²) < 4.78 is 34.9. The Morgan fingerprint density at radius 1 is 0.966 bits per heavy atom. The molecule has 3 aromatic carbocycles. The number of hydrogen-bond acceptors (Lipinski definition) is 3. The molecule has 7 heteroatoms. The maximum absolute atomic E-state index is 13.6. The summed E-state index contributed by atoms with van der Waals surface area (Å²) in [6.07, 6.45) is -0.522. The van der Waals surface area contributed by atoms with Gasteiger partial charge in [-0.25, -0.2) is 8.42 Å². The van der Waals surface area contributed by atoms with Crippen LogP contribution in [0.1, 0.15) is 24.2 Å². The van der Waals surface area contributed by atoms with Crippen molar-refractivity contribution in [3.63, 3.8) is 0 Å². The van der Waals surface area contributed by atoms with E-state index in [2.05, 4.69) is 0 Å². The molecule has 0 saturated heterocycles. The number of rotatable bonds is 3. The van der Waals surface area contributed by atoms with E-state index in [4.69, 9.17) is 27.9 Å². The lowest BCUT2D eigenvalue weighted by molar-refractivity contribution is 0.124. The molecule has 0 fully saturated rings. The normalized spacial score (nSPS) is 21.1. The van der Waals surface area contributed by atoms with Gasteiger partial charge in [0, 0.05) is 11.6 Å². The van der Waals surface area contributed by atoms with Crippen molar-refractivity contribution in [3.05, 3.63) is 94.0 Å². The summed E-state index contributed by atoms with van der Waals surface area (Å²) in [5, 5.41) is 0.825. The molecule has 0 aromatic heterocycles. The van der Waals surface area contributed by atoms with E-state index in [-0.39, 0.29) is 22.2 Å². The number of sulfonamides is 1. The highest BCUT2D eigenvalue weighted by atomic mass is 35.5. The van der Waals surface area contributed by atoms with Crippen LogP contribution < -0.4 is 4.74 Å². The van der Waals surface area contributed by atoms with Gasteiger partial charge in [-0.1, -0.05) is 71.7 Å². The average Bonchev–Trinajstić information content (AvgIpc) is 2.78. The van der Waals surface area contributed by atoms with E-state index in [9.17, 15) is 8.42 Å². The summed E-state index contributed by atoms with van der Waals surface area (Å²) in [5.41, 5.74) is 1.67. The van der Waals surface area contributed by atoms with Crippen LogP contribution >= 0.6 is 23.2 Å². The Labute approximate surface area is 180 Å². The van der Waals surface area contributed by atoms with Gasteiger partial charge in [0.2, 0.25) is 10.0 Å². The van der Waals surface area contributed by atoms with Crippen LogP contribution in [0.15, 0.2) is 77.7 Å². The molecule has 2 atom stereocenters. The van der Waals surface area contributed by atoms with Gasteiger partial charge in [0.1, 0.15) is 11.0 Å². The number of benzene rings is 3. The lowest BCUT2D eigenvalue weighted by Crippen LogP contribution is -2.41. The Bertz CT molecular complexity index is 1140. The highest BCUT2D eigenvalue weighted by Crippen LogP contribution is 2.43. The summed E-state index contributed by atoms with van der Waals surface area (Å²) in [6.45, 7) is 2.02. The molecule has 29 heavy (non-hydrogen) atoms. The quantitative estimate of drug-likeness (QED) is 0.516. The summed E-state index contributed by atoms with van der Waals surface area (Å²) in [6, 6.07) is 21.1. The molecule has 0 spiro atoms. The monoisotopic (exact) mass is 447 g/mol. The zero-order chi connectivity index (χ0) is 20.6. The number of hydrogen-bond donors (Lipinski definition) is 0. The third-order valence-corrected chi connectivity index (χ3v) is 7.50. The second kappa shape index (κ2) is 8.00. The van der Waals surface area contributed by atoms with Crippen LogP contribution in [0.4, 0.5) is 0 Å². The van der Waals surface area contributed by atoms with Crippen LogP contribution in [0, 0.1) is 0 Å². The maximum atomic E-state index is 13.6. The highest BCUT2D eigenvalue weighted by Gasteiger charge is 2.41. The number of nitrogens with zero attached hydrogens (tertiary/aromatic N) is 1. The first-order chi connectivity index (χ1) is 13.9. The number of halogens is 2. The third-order valence-electron chi connectivity index (χ3n) is 5.01. The van der Waals surface area contributed by atoms with E-state index in [1.54, 1.807) is 24.3 Å². The number of ether oxygens (including phenoxy) is 1. The van der Waals surface area contributed by atoms with Crippen LogP contribution in [0.25, 0.3) is 0 Å². The molecular formula is C22H19Cl2NO3S. The van der Waals surface area contributed by atoms with Gasteiger partial charge in [0.25, 0.3) is 0 Å². The minimum Gasteiger partial charge on any atom is -0.481 e. The topological polar surface area (TPSA) is 46.6 Å². The second-order valence-electron chi connectivity index (χ2n) is 6.94. The summed E-state index contributed by atoms with van der Waals surface area (Å²) >= 11 is 12.5. The maximum Gasteiger partial charge on any atom is 0.247 e. The van der Waals surface area contributed by atoms with Gasteiger partial charge in [0.05, 0.1) is 11.1 Å². The summed E-state index contributed by atoms with van der Waals surface area (Å²) in [7, 11) is -3.86. The van der Waals surface area contributed by atoms with Gasteiger partial charge < -0.3 is 4.74 Å². The molecule has 4 rings (SSSR count). The van der Waals surface area contributed by atoms with Crippen molar-refractivity contribution >= 4 is 33.2 Å². The van der Waals surface area contributed by atoms with E-state index in [1.165, 1.54) is 10.4 Å². The van der Waals surface area contributed by atoms with Gasteiger partial charge in [-0.05, 0) is 42.3 Å². The Morgan fingerprint density at radius 2 is 1.69 bits per heavy atom. The molecule has 0 N–H and O–H groups in total. The smallest absolute Gasteiger partial charge is 0.247 e. The summed E-state index contributed by atoms with van der Waals surface area (Å²) in [5.74, 6) is 0.184. The molecule has 0 saturated carbocycles. The Balaban J connectivity index is 1.88. The molecule has 4 nitrogen and oxygen atoms in total. The molecule has 0 radical (unpaired) electrons. The minimum absolute atomic E-state index is 0.0670. The van der Waals surface area contributed by atoms with Gasteiger partial charge in [0.15, 0.2) is 5.75 Å². The van der Waals surface area contributed by atoms with Crippen molar-refractivity contribution in [2.24, 2.45) is 0 Å². The standard InChI is InChI=1S/C22H19Cl2NO3S/c1-15-21(17-8-3-2-4-9-17)28-22-19(24)11-6-12-20(22)29(26,27)25(15)14-16-7-5-10-18(23)13-16/h2-13,15,21H,14H2,1H3/t15-,21+/m1/s1. The zero-order valence-electron chi connectivity index (χ0n) is 15.6. The molecule has 150 valence electrons. The SMILES string of the molecule is C[C@@H]1[C@@H](c2ccccc2)Oc2c(Cl)cccc2S(=O)(=O)N1Cc1cccc(Cl)c1. The Kier molecular flexibility index (Phi) is 5.58. The number of para-hydroxylation sites is 1. The van der Waals surface area contributed by atoms with E-state index in [1.807, 2.05) is 49.4 Å². The molecule has 3 aromatic rings. The van der Waals surface area contributed by atoms with E-state index in [0.29, 0.717) is 5.02 Å². The van der Waals surface area contributed by atoms with Crippen LogP contribution in [0.3, 0.4) is 0 Å². The Morgan fingerprint density at radius 3 is 2.41 bits per heavy atom. The van der Waals surface area contributed by atoms with Gasteiger partial charge >= 0.3 is 0 Å². The molecule has 0 aliphatic carbocycles. The lowest BCUT2D eigenvalue weighted by Gasteiger charge is -2.31. The van der Waals surface area contributed by atoms with E-state index < -0.39 is 22.2 Å². The van der Waals surface area contributed by atoms with Gasteiger partial charge in [-0.2, -0.15) is 4.31 Å². The molecule has 0 bridgehead atoms. The van der Waals surface area contributed by atoms with Crippen molar-refractivity contribution in [3.8, 4) is 5.75 Å². The van der Waals surface area contributed by atoms with Crippen molar-refractivity contribution in [1.29, 1.82) is 0 Å². The van der Waals surface area contributed by atoms with Crippen molar-refractivity contribution in [1.82, 2.24) is 4.31 Å². The van der Waals surface area contributed by atoms with Crippen LogP contribution in [0.5, 0.6) is 5.75 Å². The van der Waals surface area contributed by atoms with Crippen molar-refractivity contribution in [2.75, 3.05) is 0 Å². The Hall–Kier alpha value is -2.05. The summed E-state index contributed by atoms with van der Waals surface area (Å²) in [4.78, 5) is 0.0670. The zero-order valence-corrected chi connectivity index (χ0v) is 18.0. The molecule has 1 heterocycles. The molecule has 1 aliphatic heterocycles. The van der Waals surface area contributed by atoms with Crippen LogP contribution in [0.2, 0.25) is 10.0 Å². The lowest BCUT2D eigenvalue weighted by atomic mass is 10.0. The van der Waals surface area contributed by atoms with Gasteiger partial charge in [-0.3, -0.25) is 0 Å². The van der Waals surface area contributed by atoms with E-state index >= 15 is 0 Å². The fraction of sp³-hybridized carbons (Fsp3) is 0.182. The minimum atomic E-state index is -3.86.